The highest BCUT2D eigenvalue weighted by molar-refractivity contribution is 6.03. The Balaban J connectivity index is 1.79. The lowest BCUT2D eigenvalue weighted by Crippen LogP contribution is -2.19. The van der Waals surface area contributed by atoms with E-state index < -0.39 is 29.2 Å². The number of carbonyl (C=O) groups excluding carboxylic acids is 2. The molecule has 0 bridgehead atoms. The average Bonchev–Trinajstić information content (AvgIpc) is 3.12. The number of rotatable bonds is 3. The van der Waals surface area contributed by atoms with Crippen LogP contribution in [0.4, 0.5) is 13.2 Å². The third-order valence-corrected chi connectivity index (χ3v) is 4.26. The van der Waals surface area contributed by atoms with Crippen molar-refractivity contribution in [1.29, 1.82) is 0 Å². The van der Waals surface area contributed by atoms with Gasteiger partial charge in [0.2, 0.25) is 0 Å². The maximum Gasteiger partial charge on any atom is 0.417 e. The van der Waals surface area contributed by atoms with Crippen LogP contribution in [-0.4, -0.2) is 26.6 Å². The third-order valence-electron chi connectivity index (χ3n) is 4.26. The number of fused-ring (bicyclic) bond motifs is 1. The van der Waals surface area contributed by atoms with Crippen LogP contribution in [0.3, 0.4) is 0 Å². The molecule has 0 spiro atoms. The Morgan fingerprint density at radius 1 is 0.900 bits per heavy atom. The molecule has 0 unspecified atom stereocenters. The van der Waals surface area contributed by atoms with Crippen molar-refractivity contribution in [3.05, 3.63) is 89.6 Å². The normalized spacial score (nSPS) is 11.4. The molecule has 0 N–H and O–H groups in total. The molecular formula is C21H12F3N3O3. The van der Waals surface area contributed by atoms with Crippen LogP contribution in [0, 0.1) is 0 Å². The van der Waals surface area contributed by atoms with E-state index in [0.717, 1.165) is 16.8 Å². The molecule has 6 nitrogen and oxygen atoms in total. The van der Waals surface area contributed by atoms with Crippen molar-refractivity contribution in [3.63, 3.8) is 0 Å². The van der Waals surface area contributed by atoms with E-state index in [4.69, 9.17) is 4.74 Å². The molecule has 4 rings (SSSR count). The van der Waals surface area contributed by atoms with Crippen molar-refractivity contribution in [2.75, 3.05) is 0 Å². The summed E-state index contributed by atoms with van der Waals surface area (Å²) in [6.07, 6.45) is -3.33. The molecular weight excluding hydrogens is 399 g/mol. The summed E-state index contributed by atoms with van der Waals surface area (Å²) in [6.45, 7) is 0. The molecule has 0 atom stereocenters. The van der Waals surface area contributed by atoms with Gasteiger partial charge in [-0.2, -0.15) is 17.9 Å². The molecule has 0 saturated heterocycles. The van der Waals surface area contributed by atoms with Gasteiger partial charge >= 0.3 is 12.1 Å². The fraction of sp³-hybridized carbons (Fsp3) is 0.0476. The van der Waals surface area contributed by atoms with Gasteiger partial charge in [0.1, 0.15) is 5.52 Å². The number of aromatic nitrogens is 3. The number of esters is 1. The average molecular weight is 411 g/mol. The van der Waals surface area contributed by atoms with E-state index >= 15 is 0 Å². The lowest BCUT2D eigenvalue weighted by molar-refractivity contribution is -0.137. The van der Waals surface area contributed by atoms with E-state index in [1.54, 1.807) is 18.2 Å². The van der Waals surface area contributed by atoms with Crippen LogP contribution >= 0.6 is 0 Å². The molecule has 0 radical (unpaired) electrons. The van der Waals surface area contributed by atoms with Gasteiger partial charge in [-0.05, 0) is 36.4 Å². The summed E-state index contributed by atoms with van der Waals surface area (Å²) < 4.78 is 46.0. The number of carbonyl (C=O) groups is 2. The number of nitrogens with zero attached hydrogens (tertiary/aromatic N) is 3. The first-order chi connectivity index (χ1) is 14.4. The van der Waals surface area contributed by atoms with Gasteiger partial charge in [-0.25, -0.2) is 9.78 Å². The fourth-order valence-corrected chi connectivity index (χ4v) is 2.90. The van der Waals surface area contributed by atoms with E-state index in [1.165, 1.54) is 42.6 Å². The number of halogens is 3. The molecule has 0 amide bonds. The van der Waals surface area contributed by atoms with Crippen LogP contribution in [0.15, 0.2) is 72.9 Å². The monoisotopic (exact) mass is 411 g/mol. The topological polar surface area (TPSA) is 74.1 Å². The second-order valence-electron chi connectivity index (χ2n) is 6.19. The fourth-order valence-electron chi connectivity index (χ4n) is 2.90. The maximum atomic E-state index is 13.3. The van der Waals surface area contributed by atoms with Crippen LogP contribution in [0.5, 0.6) is 5.88 Å². The summed E-state index contributed by atoms with van der Waals surface area (Å²) >= 11 is 0. The molecule has 0 aliphatic carbocycles. The molecule has 0 aliphatic heterocycles. The maximum absolute atomic E-state index is 13.3. The molecule has 0 saturated carbocycles. The van der Waals surface area contributed by atoms with Gasteiger partial charge in [0.05, 0.1) is 16.7 Å². The predicted molar refractivity (Wildman–Crippen MR) is 100 cm³/mol. The zero-order valence-electron chi connectivity index (χ0n) is 15.1. The van der Waals surface area contributed by atoms with Crippen molar-refractivity contribution in [1.82, 2.24) is 14.8 Å². The van der Waals surface area contributed by atoms with Crippen molar-refractivity contribution in [2.24, 2.45) is 0 Å². The minimum atomic E-state index is -4.73. The number of benzene rings is 2. The van der Waals surface area contributed by atoms with Crippen LogP contribution in [-0.2, 0) is 6.18 Å². The first-order valence-electron chi connectivity index (χ1n) is 8.68. The van der Waals surface area contributed by atoms with Crippen LogP contribution in [0.25, 0.3) is 11.0 Å². The van der Waals surface area contributed by atoms with Gasteiger partial charge in [-0.15, -0.1) is 5.10 Å². The van der Waals surface area contributed by atoms with Gasteiger partial charge in [0.15, 0.2) is 5.52 Å². The van der Waals surface area contributed by atoms with E-state index in [-0.39, 0.29) is 22.5 Å². The van der Waals surface area contributed by atoms with E-state index in [0.29, 0.717) is 0 Å². The standard InChI is InChI=1S/C21H12F3N3O3/c22-21(23,24)15-10-5-4-9-14(15)19(28)27-16-11-6-12-25-17(16)18(26-27)30-20(29)13-7-2-1-3-8-13/h1-12H. The molecule has 30 heavy (non-hydrogen) atoms. The van der Waals surface area contributed by atoms with Crippen LogP contribution < -0.4 is 4.74 Å². The third kappa shape index (κ3) is 3.52. The summed E-state index contributed by atoms with van der Waals surface area (Å²) in [6, 6.07) is 15.4. The van der Waals surface area contributed by atoms with Gasteiger partial charge < -0.3 is 4.74 Å². The highest BCUT2D eigenvalue weighted by Crippen LogP contribution is 2.33. The molecule has 2 aromatic carbocycles. The SMILES string of the molecule is O=C(Oc1nn(C(=O)c2ccccc2C(F)(F)F)c2cccnc12)c1ccccc1. The second-order valence-corrected chi connectivity index (χ2v) is 6.19. The zero-order chi connectivity index (χ0) is 21.3. The Labute approximate surface area is 167 Å². The van der Waals surface area contributed by atoms with Gasteiger partial charge in [0, 0.05) is 6.20 Å². The van der Waals surface area contributed by atoms with E-state index in [1.807, 2.05) is 0 Å². The van der Waals surface area contributed by atoms with Crippen molar-refractivity contribution >= 4 is 22.9 Å². The van der Waals surface area contributed by atoms with Crippen LogP contribution in [0.1, 0.15) is 26.3 Å². The Bertz CT molecular complexity index is 1250. The number of hydrogen-bond donors (Lipinski definition) is 0. The summed E-state index contributed by atoms with van der Waals surface area (Å²) in [5.74, 6) is -2.05. The number of ether oxygens (including phenoxy) is 1. The summed E-state index contributed by atoms with van der Waals surface area (Å²) in [7, 11) is 0. The minimum Gasteiger partial charge on any atom is -0.400 e. The van der Waals surface area contributed by atoms with E-state index in [9.17, 15) is 22.8 Å². The van der Waals surface area contributed by atoms with Crippen LogP contribution in [0.2, 0.25) is 0 Å². The van der Waals surface area contributed by atoms with Crippen molar-refractivity contribution in [2.45, 2.75) is 6.18 Å². The van der Waals surface area contributed by atoms with Crippen molar-refractivity contribution < 1.29 is 27.5 Å². The Hall–Kier alpha value is -4.01. The minimum absolute atomic E-state index is 0.0691. The zero-order valence-corrected chi connectivity index (χ0v) is 15.1. The predicted octanol–water partition coefficient (Wildman–Crippen LogP) is 4.36. The number of alkyl halides is 3. The first-order valence-corrected chi connectivity index (χ1v) is 8.68. The number of hydrogen-bond acceptors (Lipinski definition) is 5. The van der Waals surface area contributed by atoms with Gasteiger partial charge in [0.25, 0.3) is 11.8 Å². The molecule has 4 aromatic rings. The Morgan fingerprint density at radius 2 is 1.60 bits per heavy atom. The molecule has 0 aliphatic rings. The highest BCUT2D eigenvalue weighted by Gasteiger charge is 2.36. The van der Waals surface area contributed by atoms with Gasteiger partial charge in [-0.1, -0.05) is 30.3 Å². The molecule has 150 valence electrons. The first kappa shape index (κ1) is 19.3. The molecule has 0 fully saturated rings. The quantitative estimate of drug-likeness (QED) is 0.469. The molecule has 2 heterocycles. The lowest BCUT2D eigenvalue weighted by Gasteiger charge is -2.11. The summed E-state index contributed by atoms with van der Waals surface area (Å²) in [5, 5.41) is 3.95. The summed E-state index contributed by atoms with van der Waals surface area (Å²) in [5.41, 5.74) is -1.26. The largest absolute Gasteiger partial charge is 0.417 e. The molecule has 2 aromatic heterocycles. The Morgan fingerprint density at radius 3 is 2.33 bits per heavy atom. The second kappa shape index (κ2) is 7.43. The lowest BCUT2D eigenvalue weighted by atomic mass is 10.1. The smallest absolute Gasteiger partial charge is 0.400 e. The van der Waals surface area contributed by atoms with E-state index in [2.05, 4.69) is 10.1 Å². The van der Waals surface area contributed by atoms with Gasteiger partial charge in [-0.3, -0.25) is 4.79 Å². The number of pyridine rings is 1. The van der Waals surface area contributed by atoms with Crippen molar-refractivity contribution in [3.8, 4) is 5.88 Å². The molecule has 9 heteroatoms. The highest BCUT2D eigenvalue weighted by atomic mass is 19.4. The summed E-state index contributed by atoms with van der Waals surface area (Å²) in [4.78, 5) is 29.3. The Kier molecular flexibility index (Phi) is 4.78.